The highest BCUT2D eigenvalue weighted by molar-refractivity contribution is 6.71. The van der Waals surface area contributed by atoms with E-state index >= 15 is 0 Å². The van der Waals surface area contributed by atoms with Gasteiger partial charge in [-0.1, -0.05) is 6.07 Å². The van der Waals surface area contributed by atoms with E-state index in [1.165, 1.54) is 0 Å². The Kier molecular flexibility index (Phi) is 4.39. The van der Waals surface area contributed by atoms with Crippen LogP contribution in [0, 0.1) is 0 Å². The van der Waals surface area contributed by atoms with Crippen LogP contribution in [0.2, 0.25) is 19.6 Å². The number of benzene rings is 2. The molecule has 1 aliphatic heterocycles. The largest absolute Gasteiger partial charge is 0.516 e. The van der Waals surface area contributed by atoms with Gasteiger partial charge in [-0.2, -0.15) is 0 Å². The number of ether oxygens (including phenoxy) is 2. The van der Waals surface area contributed by atoms with Crippen molar-refractivity contribution in [3.05, 3.63) is 53.6 Å². The molecule has 0 amide bonds. The van der Waals surface area contributed by atoms with Crippen LogP contribution < -0.4 is 9.47 Å². The third kappa shape index (κ3) is 4.02. The van der Waals surface area contributed by atoms with E-state index in [4.69, 9.17) is 13.9 Å². The Morgan fingerprint density at radius 1 is 1.12 bits per heavy atom. The molecule has 6 heteroatoms. The number of carbonyl (C=O) groups excluding carboxylic acids is 1. The number of carbonyl (C=O) groups is 1. The first-order chi connectivity index (χ1) is 11.4. The number of aliphatic imine (C=N–C) groups is 1. The van der Waals surface area contributed by atoms with Gasteiger partial charge in [0, 0.05) is 6.21 Å². The molecule has 3 rings (SSSR count). The van der Waals surface area contributed by atoms with E-state index in [1.54, 1.807) is 24.4 Å². The molecule has 0 saturated carbocycles. The lowest BCUT2D eigenvalue weighted by atomic mass is 10.2. The molecule has 2 aromatic rings. The van der Waals surface area contributed by atoms with Crippen molar-refractivity contribution in [1.82, 2.24) is 0 Å². The Bertz CT molecular complexity index is 796. The van der Waals surface area contributed by atoms with E-state index in [-0.39, 0.29) is 12.8 Å². The monoisotopic (exact) mass is 341 g/mol. The Balaban J connectivity index is 1.76. The van der Waals surface area contributed by atoms with Crippen molar-refractivity contribution in [2.75, 3.05) is 6.79 Å². The quantitative estimate of drug-likeness (QED) is 0.619. The lowest BCUT2D eigenvalue weighted by molar-refractivity contribution is 0.0724. The van der Waals surface area contributed by atoms with Gasteiger partial charge in [0.05, 0.1) is 11.3 Å². The average molecular weight is 341 g/mol. The van der Waals surface area contributed by atoms with Gasteiger partial charge in [0.15, 0.2) is 11.5 Å². The number of nitrogens with zero attached hydrogens (tertiary/aromatic N) is 1. The van der Waals surface area contributed by atoms with Crippen molar-refractivity contribution < 1.29 is 18.7 Å². The minimum atomic E-state index is -1.92. The van der Waals surface area contributed by atoms with Crippen molar-refractivity contribution in [3.8, 4) is 11.5 Å². The second-order valence-electron chi connectivity index (χ2n) is 6.42. The summed E-state index contributed by atoms with van der Waals surface area (Å²) >= 11 is 0. The van der Waals surface area contributed by atoms with Crippen molar-refractivity contribution in [2.24, 2.45) is 4.99 Å². The molecule has 1 aliphatic rings. The highest BCUT2D eigenvalue weighted by atomic mass is 28.4. The normalized spacial score (nSPS) is 13.3. The number of hydrogen-bond donors (Lipinski definition) is 0. The smallest absolute Gasteiger partial charge is 0.324 e. The third-order valence-electron chi connectivity index (χ3n) is 3.24. The summed E-state index contributed by atoms with van der Waals surface area (Å²) in [5.74, 6) is 1.16. The molecule has 24 heavy (non-hydrogen) atoms. The Morgan fingerprint density at radius 3 is 2.71 bits per heavy atom. The van der Waals surface area contributed by atoms with Gasteiger partial charge in [-0.15, -0.1) is 0 Å². The fourth-order valence-corrected chi connectivity index (χ4v) is 2.87. The molecule has 0 N–H and O–H groups in total. The van der Waals surface area contributed by atoms with Crippen molar-refractivity contribution in [1.29, 1.82) is 0 Å². The molecule has 0 unspecified atom stereocenters. The van der Waals surface area contributed by atoms with Crippen molar-refractivity contribution >= 4 is 26.2 Å². The molecule has 0 bridgehead atoms. The summed E-state index contributed by atoms with van der Waals surface area (Å²) < 4.78 is 16.1. The zero-order valence-electron chi connectivity index (χ0n) is 13.9. The van der Waals surface area contributed by atoms with E-state index in [9.17, 15) is 4.79 Å². The van der Waals surface area contributed by atoms with E-state index in [2.05, 4.69) is 4.99 Å². The second-order valence-corrected chi connectivity index (χ2v) is 10.9. The van der Waals surface area contributed by atoms with Crippen LogP contribution in [0.5, 0.6) is 11.5 Å². The Labute approximate surface area is 142 Å². The summed E-state index contributed by atoms with van der Waals surface area (Å²) in [6, 6.07) is 12.7. The molecule has 0 radical (unpaired) electrons. The standard InChI is InChI=1S/C18H19NO4Si/c1-24(2,3)23-18(20)14-5-4-6-15(10-14)19-11-13-7-8-16-17(9-13)22-12-21-16/h4-11H,12H2,1-3H3. The average Bonchev–Trinajstić information content (AvgIpc) is 2.99. The number of rotatable bonds is 4. The molecule has 0 spiro atoms. The molecule has 1 heterocycles. The van der Waals surface area contributed by atoms with Gasteiger partial charge in [-0.05, 0) is 61.6 Å². The molecule has 124 valence electrons. The Hall–Kier alpha value is -2.60. The van der Waals surface area contributed by atoms with Gasteiger partial charge in [-0.25, -0.2) is 4.79 Å². The summed E-state index contributed by atoms with van der Waals surface area (Å²) in [5, 5.41) is 0. The maximum Gasteiger partial charge on any atom is 0.324 e. The van der Waals surface area contributed by atoms with E-state index in [0.29, 0.717) is 17.0 Å². The highest BCUT2D eigenvalue weighted by Crippen LogP contribution is 2.32. The van der Waals surface area contributed by atoms with Gasteiger partial charge < -0.3 is 13.9 Å². The first-order valence-corrected chi connectivity index (χ1v) is 11.1. The fraction of sp³-hybridized carbons (Fsp3) is 0.222. The van der Waals surface area contributed by atoms with E-state index in [1.807, 2.05) is 43.9 Å². The molecular weight excluding hydrogens is 322 g/mol. The van der Waals surface area contributed by atoms with Gasteiger partial charge in [-0.3, -0.25) is 4.99 Å². The Morgan fingerprint density at radius 2 is 1.92 bits per heavy atom. The van der Waals surface area contributed by atoms with Crippen LogP contribution in [0.25, 0.3) is 0 Å². The topological polar surface area (TPSA) is 57.1 Å². The summed E-state index contributed by atoms with van der Waals surface area (Å²) in [7, 11) is -1.92. The minimum absolute atomic E-state index is 0.247. The zero-order valence-corrected chi connectivity index (χ0v) is 14.9. The fourth-order valence-electron chi connectivity index (χ4n) is 2.19. The maximum absolute atomic E-state index is 12.1. The predicted octanol–water partition coefficient (Wildman–Crippen LogP) is 4.16. The number of fused-ring (bicyclic) bond motifs is 1. The first-order valence-electron chi connectivity index (χ1n) is 7.68. The van der Waals surface area contributed by atoms with Crippen LogP contribution in [-0.2, 0) is 4.43 Å². The van der Waals surface area contributed by atoms with Crippen LogP contribution in [-0.4, -0.2) is 27.3 Å². The van der Waals surface area contributed by atoms with Crippen LogP contribution >= 0.6 is 0 Å². The second kappa shape index (κ2) is 6.49. The van der Waals surface area contributed by atoms with Gasteiger partial charge in [0.2, 0.25) is 15.1 Å². The SMILES string of the molecule is C[Si](C)(C)OC(=O)c1cccc(N=Cc2ccc3c(c2)OCO3)c1. The van der Waals surface area contributed by atoms with Gasteiger partial charge >= 0.3 is 5.97 Å². The van der Waals surface area contributed by atoms with E-state index < -0.39 is 8.32 Å². The predicted molar refractivity (Wildman–Crippen MR) is 95.0 cm³/mol. The molecule has 0 atom stereocenters. The molecule has 0 aliphatic carbocycles. The molecule has 0 fully saturated rings. The van der Waals surface area contributed by atoms with Crippen LogP contribution in [0.1, 0.15) is 15.9 Å². The van der Waals surface area contributed by atoms with E-state index in [0.717, 1.165) is 11.3 Å². The van der Waals surface area contributed by atoms with Crippen LogP contribution in [0.3, 0.4) is 0 Å². The molecule has 0 saturated heterocycles. The highest BCUT2D eigenvalue weighted by Gasteiger charge is 2.21. The van der Waals surface area contributed by atoms with Gasteiger partial charge in [0.1, 0.15) is 0 Å². The summed E-state index contributed by atoms with van der Waals surface area (Å²) in [6.07, 6.45) is 1.73. The lowest BCUT2D eigenvalue weighted by Gasteiger charge is -2.17. The molecule has 0 aromatic heterocycles. The molecule has 5 nitrogen and oxygen atoms in total. The molecular formula is C18H19NO4Si. The zero-order chi connectivity index (χ0) is 17.2. The molecule has 2 aromatic carbocycles. The maximum atomic E-state index is 12.1. The van der Waals surface area contributed by atoms with Gasteiger partial charge in [0.25, 0.3) is 0 Å². The minimum Gasteiger partial charge on any atom is -0.516 e. The third-order valence-corrected chi connectivity index (χ3v) is 4.04. The lowest BCUT2D eigenvalue weighted by Crippen LogP contribution is -2.29. The van der Waals surface area contributed by atoms with Crippen molar-refractivity contribution in [2.45, 2.75) is 19.6 Å². The summed E-state index contributed by atoms with van der Waals surface area (Å²) in [5.41, 5.74) is 2.10. The van der Waals surface area contributed by atoms with Crippen LogP contribution in [0.4, 0.5) is 5.69 Å². The summed E-state index contributed by atoms with van der Waals surface area (Å²) in [6.45, 7) is 6.18. The van der Waals surface area contributed by atoms with Crippen molar-refractivity contribution in [3.63, 3.8) is 0 Å². The number of hydrogen-bond acceptors (Lipinski definition) is 5. The summed E-state index contributed by atoms with van der Waals surface area (Å²) in [4.78, 5) is 16.6. The first kappa shape index (κ1) is 16.3. The van der Waals surface area contributed by atoms with Crippen LogP contribution in [0.15, 0.2) is 47.5 Å².